The minimum Gasteiger partial charge on any atom is -0.461 e. The van der Waals surface area contributed by atoms with Crippen LogP contribution in [0.15, 0.2) is 54.0 Å². The predicted molar refractivity (Wildman–Crippen MR) is 118 cm³/mol. The van der Waals surface area contributed by atoms with Crippen molar-refractivity contribution in [3.8, 4) is 5.69 Å². The van der Waals surface area contributed by atoms with Crippen LogP contribution in [0.5, 0.6) is 0 Å². The Kier molecular flexibility index (Phi) is 6.67. The van der Waals surface area contributed by atoms with Gasteiger partial charge >= 0.3 is 18.2 Å². The molecule has 1 amide bonds. The molecule has 1 aromatic carbocycles. The zero-order chi connectivity index (χ0) is 25.9. The number of rotatable bonds is 6. The molecule has 4 aromatic rings. The van der Waals surface area contributed by atoms with Gasteiger partial charge in [0.15, 0.2) is 0 Å². The summed E-state index contributed by atoms with van der Waals surface area (Å²) in [5.74, 6) is -1.01. The van der Waals surface area contributed by atoms with Gasteiger partial charge in [0.1, 0.15) is 6.61 Å². The van der Waals surface area contributed by atoms with Crippen LogP contribution in [-0.2, 0) is 22.3 Å². The van der Waals surface area contributed by atoms with Crippen molar-refractivity contribution >= 4 is 28.8 Å². The van der Waals surface area contributed by atoms with E-state index in [1.165, 1.54) is 25.5 Å². The number of pyridine rings is 1. The lowest BCUT2D eigenvalue weighted by atomic mass is 10.1. The summed E-state index contributed by atoms with van der Waals surface area (Å²) >= 11 is 0. The van der Waals surface area contributed by atoms with Gasteiger partial charge < -0.3 is 19.0 Å². The smallest absolute Gasteiger partial charge is 0.418 e. The van der Waals surface area contributed by atoms with Crippen LogP contribution < -0.4 is 10.9 Å². The van der Waals surface area contributed by atoms with E-state index in [2.05, 4.69) is 25.3 Å². The highest BCUT2D eigenvalue weighted by Crippen LogP contribution is 2.35. The Morgan fingerprint density at radius 3 is 2.61 bits per heavy atom. The van der Waals surface area contributed by atoms with Crippen molar-refractivity contribution < 1.29 is 32.2 Å². The van der Waals surface area contributed by atoms with Crippen LogP contribution >= 0.6 is 0 Å². The van der Waals surface area contributed by atoms with Crippen molar-refractivity contribution in [3.63, 3.8) is 0 Å². The first-order chi connectivity index (χ1) is 17.2. The van der Waals surface area contributed by atoms with Gasteiger partial charge in [0.2, 0.25) is 5.69 Å². The van der Waals surface area contributed by atoms with E-state index in [9.17, 15) is 27.6 Å². The molecule has 3 heterocycles. The molecular weight excluding hydrogens is 485 g/mol. The number of carbonyl (C=O) groups excluding carboxylic acids is 2. The fraction of sp³-hybridized carbons (Fsp3) is 0.182. The number of nitrogens with zero attached hydrogens (tertiary/aromatic N) is 4. The first-order valence-corrected chi connectivity index (χ1v) is 10.3. The molecule has 186 valence electrons. The van der Waals surface area contributed by atoms with E-state index < -0.39 is 35.1 Å². The number of fused-ring (bicyclic) bond motifs is 1. The summed E-state index contributed by atoms with van der Waals surface area (Å²) < 4.78 is 52.4. The highest BCUT2D eigenvalue weighted by molar-refractivity contribution is 5.90. The van der Waals surface area contributed by atoms with Crippen molar-refractivity contribution in [3.05, 3.63) is 76.5 Å². The third-order valence-electron chi connectivity index (χ3n) is 4.78. The number of imidazole rings is 1. The molecule has 14 heteroatoms. The number of hydrogen-bond acceptors (Lipinski definition) is 8. The second kappa shape index (κ2) is 9.85. The maximum absolute atomic E-state index is 13.8. The molecule has 0 spiro atoms. The number of amides is 1. The summed E-state index contributed by atoms with van der Waals surface area (Å²) in [5.41, 5.74) is -2.72. The van der Waals surface area contributed by atoms with E-state index in [-0.39, 0.29) is 35.6 Å². The number of carbonyl (C=O) groups is 2. The van der Waals surface area contributed by atoms with Crippen LogP contribution in [0.4, 0.5) is 23.7 Å². The van der Waals surface area contributed by atoms with Crippen LogP contribution in [0.3, 0.4) is 0 Å². The molecule has 0 unspecified atom stereocenters. The number of benzene rings is 1. The number of alkyl halides is 3. The van der Waals surface area contributed by atoms with Gasteiger partial charge in [-0.25, -0.2) is 19.6 Å². The number of hydrogen-bond donors (Lipinski definition) is 2. The van der Waals surface area contributed by atoms with Gasteiger partial charge in [-0.1, -0.05) is 0 Å². The summed E-state index contributed by atoms with van der Waals surface area (Å²) in [6, 6.07) is 4.86. The highest BCUT2D eigenvalue weighted by Gasteiger charge is 2.35. The number of H-pyrrole nitrogens is 1. The monoisotopic (exact) mass is 502 g/mol. The topological polar surface area (TPSA) is 141 Å². The van der Waals surface area contributed by atoms with Crippen molar-refractivity contribution in [2.45, 2.75) is 19.7 Å². The molecule has 0 aliphatic heterocycles. The summed E-state index contributed by atoms with van der Waals surface area (Å²) in [4.78, 5) is 50.0. The van der Waals surface area contributed by atoms with Gasteiger partial charge in [-0.15, -0.1) is 0 Å². The SMILES string of the molecule is CCOC(=O)c1nc2cc(-n3cnc(COC(=O)Nc4ccncc4)c3)c(C(F)(F)F)cc2[nH]c1=O. The Hall–Kier alpha value is -4.75. The van der Waals surface area contributed by atoms with Crippen LogP contribution in [0.1, 0.15) is 28.7 Å². The molecule has 0 atom stereocenters. The fourth-order valence-corrected chi connectivity index (χ4v) is 3.20. The lowest BCUT2D eigenvalue weighted by Crippen LogP contribution is -2.22. The van der Waals surface area contributed by atoms with Gasteiger partial charge in [0.25, 0.3) is 5.56 Å². The molecule has 36 heavy (non-hydrogen) atoms. The number of ether oxygens (including phenoxy) is 2. The largest absolute Gasteiger partial charge is 0.461 e. The zero-order valence-electron chi connectivity index (χ0n) is 18.5. The van der Waals surface area contributed by atoms with E-state index in [1.807, 2.05) is 0 Å². The van der Waals surface area contributed by atoms with Crippen molar-refractivity contribution in [2.24, 2.45) is 0 Å². The van der Waals surface area contributed by atoms with E-state index in [1.54, 1.807) is 12.1 Å². The van der Waals surface area contributed by atoms with Crippen molar-refractivity contribution in [1.82, 2.24) is 24.5 Å². The Balaban J connectivity index is 1.64. The number of nitrogens with one attached hydrogen (secondary N) is 2. The molecular formula is C22H17F3N6O5. The lowest BCUT2D eigenvalue weighted by molar-refractivity contribution is -0.137. The number of aromatic nitrogens is 5. The summed E-state index contributed by atoms with van der Waals surface area (Å²) in [6.45, 7) is 1.19. The first-order valence-electron chi connectivity index (χ1n) is 10.3. The maximum atomic E-state index is 13.8. The molecule has 0 aliphatic rings. The van der Waals surface area contributed by atoms with Crippen molar-refractivity contribution in [1.29, 1.82) is 0 Å². The minimum absolute atomic E-state index is 0.0171. The van der Waals surface area contributed by atoms with Gasteiger partial charge in [-0.05, 0) is 31.2 Å². The summed E-state index contributed by atoms with van der Waals surface area (Å²) in [6.07, 6.45) is -0.302. The second-order valence-electron chi connectivity index (χ2n) is 7.23. The quantitative estimate of drug-likeness (QED) is 0.382. The average molecular weight is 502 g/mol. The third kappa shape index (κ3) is 5.32. The summed E-state index contributed by atoms with van der Waals surface area (Å²) in [7, 11) is 0. The van der Waals surface area contributed by atoms with Gasteiger partial charge in [-0.3, -0.25) is 15.1 Å². The highest BCUT2D eigenvalue weighted by atomic mass is 19.4. The predicted octanol–water partition coefficient (Wildman–Crippen LogP) is 3.45. The molecule has 3 aromatic heterocycles. The molecule has 0 bridgehead atoms. The molecule has 0 radical (unpaired) electrons. The van der Waals surface area contributed by atoms with Gasteiger partial charge in [-0.2, -0.15) is 13.2 Å². The van der Waals surface area contributed by atoms with Crippen LogP contribution in [0.25, 0.3) is 16.7 Å². The van der Waals surface area contributed by atoms with Crippen LogP contribution in [0.2, 0.25) is 0 Å². The Labute approximate surface area is 199 Å². The van der Waals surface area contributed by atoms with E-state index in [0.29, 0.717) is 11.8 Å². The number of aromatic amines is 1. The Morgan fingerprint density at radius 1 is 1.17 bits per heavy atom. The molecule has 0 fully saturated rings. The van der Waals surface area contributed by atoms with E-state index in [4.69, 9.17) is 9.47 Å². The molecule has 0 aliphatic carbocycles. The molecule has 11 nitrogen and oxygen atoms in total. The number of halogens is 3. The molecule has 2 N–H and O–H groups in total. The Morgan fingerprint density at radius 2 is 1.92 bits per heavy atom. The lowest BCUT2D eigenvalue weighted by Gasteiger charge is -2.14. The van der Waals surface area contributed by atoms with E-state index in [0.717, 1.165) is 17.0 Å². The third-order valence-corrected chi connectivity index (χ3v) is 4.78. The van der Waals surface area contributed by atoms with Gasteiger partial charge in [0.05, 0.1) is 40.9 Å². The molecule has 4 rings (SSSR count). The normalized spacial score (nSPS) is 11.3. The maximum Gasteiger partial charge on any atom is 0.418 e. The Bertz CT molecular complexity index is 1480. The standard InChI is InChI=1S/C22H17F3N6O5/c1-2-35-20(33)18-19(32)30-15-7-14(22(23,24)25)17(8-16(15)29-18)31-9-13(27-11-31)10-36-21(34)28-12-3-5-26-6-4-12/h3-9,11H,2,10H2,1H3,(H,30,32)(H,26,28,34). The van der Waals surface area contributed by atoms with E-state index >= 15 is 0 Å². The molecule has 0 saturated heterocycles. The van der Waals surface area contributed by atoms with Gasteiger partial charge in [0, 0.05) is 24.3 Å². The summed E-state index contributed by atoms with van der Waals surface area (Å²) in [5, 5.41) is 2.47. The fourth-order valence-electron chi connectivity index (χ4n) is 3.20. The zero-order valence-corrected chi connectivity index (χ0v) is 18.5. The molecule has 0 saturated carbocycles. The van der Waals surface area contributed by atoms with Crippen LogP contribution in [-0.4, -0.2) is 43.2 Å². The number of esters is 1. The second-order valence-corrected chi connectivity index (χ2v) is 7.23. The number of anilines is 1. The average Bonchev–Trinajstić information content (AvgIpc) is 3.31. The van der Waals surface area contributed by atoms with Crippen LogP contribution in [0, 0.1) is 0 Å². The minimum atomic E-state index is -4.80. The van der Waals surface area contributed by atoms with Crippen molar-refractivity contribution in [2.75, 3.05) is 11.9 Å². The first kappa shape index (κ1) is 24.4.